The summed E-state index contributed by atoms with van der Waals surface area (Å²) in [5.41, 5.74) is 2.52. The summed E-state index contributed by atoms with van der Waals surface area (Å²) in [6.45, 7) is 8.17. The van der Waals surface area contributed by atoms with E-state index in [1.54, 1.807) is 11.3 Å². The van der Waals surface area contributed by atoms with Crippen molar-refractivity contribution in [1.29, 1.82) is 0 Å². The van der Waals surface area contributed by atoms with Crippen LogP contribution in [0.2, 0.25) is 0 Å². The molecule has 1 saturated heterocycles. The molecule has 2 aromatic rings. The number of nitrogens with one attached hydrogen (secondary N) is 1. The van der Waals surface area contributed by atoms with E-state index in [2.05, 4.69) is 79.8 Å². The fourth-order valence-electron chi connectivity index (χ4n) is 3.88. The quantitative estimate of drug-likeness (QED) is 0.429. The van der Waals surface area contributed by atoms with Crippen LogP contribution in [0, 0.1) is 6.92 Å². The predicted octanol–water partition coefficient (Wildman–Crippen LogP) is 2.84. The minimum absolute atomic E-state index is 0.477. The van der Waals surface area contributed by atoms with Crippen molar-refractivity contribution >= 4 is 17.3 Å². The Morgan fingerprint density at radius 1 is 1.31 bits per heavy atom. The number of nitrogens with zero attached hydrogens (tertiary/aromatic N) is 5. The molecule has 158 valence electrons. The molecule has 6 nitrogen and oxygen atoms in total. The zero-order valence-corrected chi connectivity index (χ0v) is 19.0. The summed E-state index contributed by atoms with van der Waals surface area (Å²) in [5, 5.41) is 6.74. The van der Waals surface area contributed by atoms with E-state index >= 15 is 0 Å². The SMILES string of the molecule is CN=C(NCCCN1CCN(C)CC1c1ccccc1)N(C)Cc1csc(C)n1. The largest absolute Gasteiger partial charge is 0.356 e. The average molecular weight is 415 g/mol. The molecule has 1 atom stereocenters. The van der Waals surface area contributed by atoms with Gasteiger partial charge in [-0.1, -0.05) is 30.3 Å². The van der Waals surface area contributed by atoms with E-state index in [1.165, 1.54) is 5.56 Å². The number of hydrogen-bond donors (Lipinski definition) is 1. The number of aromatic nitrogens is 1. The molecule has 29 heavy (non-hydrogen) atoms. The molecule has 0 amide bonds. The van der Waals surface area contributed by atoms with Crippen LogP contribution in [0.5, 0.6) is 0 Å². The summed E-state index contributed by atoms with van der Waals surface area (Å²) in [6.07, 6.45) is 1.09. The van der Waals surface area contributed by atoms with Gasteiger partial charge in [0, 0.05) is 58.2 Å². The van der Waals surface area contributed by atoms with E-state index < -0.39 is 0 Å². The Kier molecular flexibility index (Phi) is 8.03. The van der Waals surface area contributed by atoms with Crippen molar-refractivity contribution < 1.29 is 0 Å². The van der Waals surface area contributed by atoms with E-state index in [4.69, 9.17) is 0 Å². The maximum Gasteiger partial charge on any atom is 0.193 e. The Balaban J connectivity index is 1.47. The van der Waals surface area contributed by atoms with Crippen LogP contribution in [-0.4, -0.2) is 79.5 Å². The number of rotatable bonds is 7. The van der Waals surface area contributed by atoms with Gasteiger partial charge in [-0.25, -0.2) is 4.98 Å². The van der Waals surface area contributed by atoms with Crippen molar-refractivity contribution in [3.63, 3.8) is 0 Å². The van der Waals surface area contributed by atoms with Gasteiger partial charge >= 0.3 is 0 Å². The van der Waals surface area contributed by atoms with Gasteiger partial charge < -0.3 is 15.1 Å². The van der Waals surface area contributed by atoms with Gasteiger partial charge in [0.05, 0.1) is 17.2 Å². The number of thiazole rings is 1. The molecule has 0 spiro atoms. The van der Waals surface area contributed by atoms with Gasteiger partial charge in [0.25, 0.3) is 0 Å². The van der Waals surface area contributed by atoms with Crippen LogP contribution < -0.4 is 5.32 Å². The van der Waals surface area contributed by atoms with Gasteiger partial charge in [0.15, 0.2) is 5.96 Å². The Bertz CT molecular complexity index is 775. The number of benzene rings is 1. The van der Waals surface area contributed by atoms with Crippen molar-refractivity contribution in [3.8, 4) is 0 Å². The van der Waals surface area contributed by atoms with Crippen LogP contribution in [0.1, 0.15) is 28.7 Å². The summed E-state index contributed by atoms with van der Waals surface area (Å²) in [7, 11) is 6.13. The molecule has 3 rings (SSSR count). The van der Waals surface area contributed by atoms with Crippen molar-refractivity contribution in [2.75, 3.05) is 53.9 Å². The van der Waals surface area contributed by atoms with Crippen LogP contribution in [0.15, 0.2) is 40.7 Å². The van der Waals surface area contributed by atoms with E-state index in [0.717, 1.165) is 62.4 Å². The molecule has 0 bridgehead atoms. The summed E-state index contributed by atoms with van der Waals surface area (Å²) in [4.78, 5) is 16.2. The third-order valence-corrected chi connectivity index (χ3v) is 6.25. The van der Waals surface area contributed by atoms with Crippen molar-refractivity contribution in [2.24, 2.45) is 4.99 Å². The summed E-state index contributed by atoms with van der Waals surface area (Å²) in [5.74, 6) is 0.925. The molecule has 1 N–H and O–H groups in total. The van der Waals surface area contributed by atoms with Gasteiger partial charge in [0.1, 0.15) is 0 Å². The zero-order chi connectivity index (χ0) is 20.6. The Hall–Kier alpha value is -1.96. The van der Waals surface area contributed by atoms with E-state index in [1.807, 2.05) is 14.0 Å². The second kappa shape index (κ2) is 10.7. The molecule has 1 aliphatic rings. The number of hydrogen-bond acceptors (Lipinski definition) is 5. The third-order valence-electron chi connectivity index (χ3n) is 5.42. The van der Waals surface area contributed by atoms with Crippen molar-refractivity contribution in [3.05, 3.63) is 52.0 Å². The summed E-state index contributed by atoms with van der Waals surface area (Å²) in [6, 6.07) is 11.4. The van der Waals surface area contributed by atoms with Crippen LogP contribution >= 0.6 is 11.3 Å². The van der Waals surface area contributed by atoms with Crippen molar-refractivity contribution in [2.45, 2.75) is 25.9 Å². The van der Waals surface area contributed by atoms with E-state index in [-0.39, 0.29) is 0 Å². The molecule has 1 unspecified atom stereocenters. The molecule has 0 radical (unpaired) electrons. The smallest absolute Gasteiger partial charge is 0.193 e. The maximum absolute atomic E-state index is 4.55. The zero-order valence-electron chi connectivity index (χ0n) is 18.1. The third kappa shape index (κ3) is 6.26. The molecule has 7 heteroatoms. The van der Waals surface area contributed by atoms with Gasteiger partial charge in [-0.05, 0) is 26.0 Å². The molecule has 1 aromatic carbocycles. The van der Waals surface area contributed by atoms with E-state index in [0.29, 0.717) is 6.04 Å². The number of aliphatic imine (C=N–C) groups is 1. The lowest BCUT2D eigenvalue weighted by Crippen LogP contribution is -2.47. The first-order valence-electron chi connectivity index (χ1n) is 10.4. The lowest BCUT2D eigenvalue weighted by Gasteiger charge is -2.40. The summed E-state index contributed by atoms with van der Waals surface area (Å²) >= 11 is 1.69. The fourth-order valence-corrected chi connectivity index (χ4v) is 4.49. The number of piperazine rings is 1. The highest BCUT2D eigenvalue weighted by Crippen LogP contribution is 2.24. The first kappa shape index (κ1) is 21.7. The van der Waals surface area contributed by atoms with Crippen LogP contribution in [0.3, 0.4) is 0 Å². The Labute approximate surface area is 179 Å². The van der Waals surface area contributed by atoms with Gasteiger partial charge in [0.2, 0.25) is 0 Å². The lowest BCUT2D eigenvalue weighted by atomic mass is 10.0. The second-order valence-electron chi connectivity index (χ2n) is 7.77. The van der Waals surface area contributed by atoms with Gasteiger partial charge in [-0.3, -0.25) is 9.89 Å². The molecule has 0 aliphatic carbocycles. The molecule has 1 fully saturated rings. The molecule has 1 aliphatic heterocycles. The van der Waals surface area contributed by atoms with E-state index in [9.17, 15) is 0 Å². The average Bonchev–Trinajstić information content (AvgIpc) is 3.14. The van der Waals surface area contributed by atoms with Crippen molar-refractivity contribution in [1.82, 2.24) is 25.0 Å². The van der Waals surface area contributed by atoms with Crippen LogP contribution in [0.4, 0.5) is 0 Å². The minimum atomic E-state index is 0.477. The standard InChI is InChI=1S/C22H34N6S/c1-18-25-20(17-29-18)15-27(4)22(23-2)24-11-8-12-28-14-13-26(3)16-21(28)19-9-6-5-7-10-19/h5-7,9-10,17,21H,8,11-16H2,1-4H3,(H,23,24). The first-order valence-corrected chi connectivity index (χ1v) is 11.2. The fraction of sp³-hybridized carbons (Fsp3) is 0.545. The molecule has 2 heterocycles. The lowest BCUT2D eigenvalue weighted by molar-refractivity contribution is 0.0891. The number of guanidine groups is 1. The van der Waals surface area contributed by atoms with Crippen LogP contribution in [0.25, 0.3) is 0 Å². The minimum Gasteiger partial charge on any atom is -0.356 e. The van der Waals surface area contributed by atoms with Gasteiger partial charge in [-0.2, -0.15) is 0 Å². The normalized spacial score (nSPS) is 18.8. The predicted molar refractivity (Wildman–Crippen MR) is 123 cm³/mol. The topological polar surface area (TPSA) is 47.0 Å². The second-order valence-corrected chi connectivity index (χ2v) is 8.83. The first-order chi connectivity index (χ1) is 14.1. The molecule has 0 saturated carbocycles. The molecule has 1 aromatic heterocycles. The highest BCUT2D eigenvalue weighted by atomic mass is 32.1. The van der Waals surface area contributed by atoms with Crippen LogP contribution in [-0.2, 0) is 6.54 Å². The Morgan fingerprint density at radius 3 is 2.79 bits per heavy atom. The van der Waals surface area contributed by atoms with Gasteiger partial charge in [-0.15, -0.1) is 11.3 Å². The molecular formula is C22H34N6S. The Morgan fingerprint density at radius 2 is 2.10 bits per heavy atom. The highest BCUT2D eigenvalue weighted by molar-refractivity contribution is 7.09. The summed E-state index contributed by atoms with van der Waals surface area (Å²) < 4.78 is 0. The number of aryl methyl sites for hydroxylation is 1. The number of likely N-dealkylation sites (N-methyl/N-ethyl adjacent to an activating group) is 1. The maximum atomic E-state index is 4.55. The monoisotopic (exact) mass is 414 g/mol. The highest BCUT2D eigenvalue weighted by Gasteiger charge is 2.25. The molecular weight excluding hydrogens is 380 g/mol.